The lowest BCUT2D eigenvalue weighted by Gasteiger charge is -2.37. The molecule has 0 bridgehead atoms. The molecule has 0 amide bonds. The minimum absolute atomic E-state index is 0.0886. The Kier molecular flexibility index (Phi) is 5.10. The molecule has 2 saturated heterocycles. The van der Waals surface area contributed by atoms with E-state index < -0.39 is 10.2 Å². The van der Waals surface area contributed by atoms with Gasteiger partial charge in [-0.3, -0.25) is 0 Å². The molecule has 0 aromatic heterocycles. The van der Waals surface area contributed by atoms with E-state index in [1.54, 1.807) is 4.31 Å². The quantitative estimate of drug-likeness (QED) is 0.820. The van der Waals surface area contributed by atoms with Gasteiger partial charge in [-0.15, -0.1) is 0 Å². The molecule has 2 fully saturated rings. The largest absolute Gasteiger partial charge is 0.317 e. The van der Waals surface area contributed by atoms with Gasteiger partial charge in [0, 0.05) is 19.6 Å². The van der Waals surface area contributed by atoms with Crippen LogP contribution in [-0.2, 0) is 10.2 Å². The Morgan fingerprint density at radius 1 is 1.20 bits per heavy atom. The predicted molar refractivity (Wildman–Crippen MR) is 81.7 cm³/mol. The van der Waals surface area contributed by atoms with Crippen molar-refractivity contribution < 1.29 is 8.42 Å². The second-order valence-electron chi connectivity index (χ2n) is 7.15. The maximum atomic E-state index is 12.5. The fraction of sp³-hybridized carbons (Fsp3) is 1.00. The highest BCUT2D eigenvalue weighted by molar-refractivity contribution is 7.87. The van der Waals surface area contributed by atoms with Crippen LogP contribution in [0.3, 0.4) is 0 Å². The van der Waals surface area contributed by atoms with Crippen LogP contribution in [0.5, 0.6) is 0 Å². The van der Waals surface area contributed by atoms with Crippen LogP contribution in [0.4, 0.5) is 0 Å². The normalized spacial score (nSPS) is 32.1. The smallest absolute Gasteiger partial charge is 0.279 e. The van der Waals surface area contributed by atoms with Crippen LogP contribution in [0.1, 0.15) is 40.0 Å². The Balaban J connectivity index is 1.93. The second-order valence-corrected chi connectivity index (χ2v) is 8.91. The highest BCUT2D eigenvalue weighted by atomic mass is 32.2. The van der Waals surface area contributed by atoms with Gasteiger partial charge in [0.25, 0.3) is 10.2 Å². The number of nitrogens with one attached hydrogen (secondary N) is 2. The Hall–Kier alpha value is -0.170. The molecule has 0 aromatic rings. The zero-order valence-electron chi connectivity index (χ0n) is 13.0. The van der Waals surface area contributed by atoms with Crippen molar-refractivity contribution in [2.24, 2.45) is 17.3 Å². The molecule has 2 aliphatic heterocycles. The Labute approximate surface area is 123 Å². The average molecular weight is 303 g/mol. The first kappa shape index (κ1) is 16.2. The summed E-state index contributed by atoms with van der Waals surface area (Å²) >= 11 is 0. The lowest BCUT2D eigenvalue weighted by Crippen LogP contribution is -2.51. The van der Waals surface area contributed by atoms with Crippen LogP contribution in [0.25, 0.3) is 0 Å². The molecule has 2 N–H and O–H groups in total. The Bertz CT molecular complexity index is 408. The number of rotatable bonds is 4. The molecule has 0 saturated carbocycles. The first-order valence-electron chi connectivity index (χ1n) is 7.76. The fourth-order valence-corrected chi connectivity index (χ4v) is 4.98. The standard InChI is InChI=1S/C14H29N3O2S/c1-12-8-13(2)10-17(9-12)20(18,19)16-11-14(3)4-6-15-7-5-14/h12-13,15-16H,4-11H2,1-3H3. The topological polar surface area (TPSA) is 61.4 Å². The molecule has 5 nitrogen and oxygen atoms in total. The molecular formula is C14H29N3O2S. The van der Waals surface area contributed by atoms with E-state index in [9.17, 15) is 8.42 Å². The Morgan fingerprint density at radius 2 is 1.75 bits per heavy atom. The van der Waals surface area contributed by atoms with E-state index in [2.05, 4.69) is 30.8 Å². The SMILES string of the molecule is CC1CC(C)CN(S(=O)(=O)NCC2(C)CCNCC2)C1. The van der Waals surface area contributed by atoms with Crippen molar-refractivity contribution in [1.29, 1.82) is 0 Å². The average Bonchev–Trinajstić information content (AvgIpc) is 2.37. The van der Waals surface area contributed by atoms with Gasteiger partial charge in [0.2, 0.25) is 0 Å². The molecule has 2 heterocycles. The summed E-state index contributed by atoms with van der Waals surface area (Å²) in [6.07, 6.45) is 3.18. The molecule has 20 heavy (non-hydrogen) atoms. The van der Waals surface area contributed by atoms with E-state index in [4.69, 9.17) is 0 Å². The first-order valence-corrected chi connectivity index (χ1v) is 9.20. The van der Waals surface area contributed by atoms with Crippen LogP contribution >= 0.6 is 0 Å². The van der Waals surface area contributed by atoms with Crippen LogP contribution < -0.4 is 10.0 Å². The third-order valence-electron chi connectivity index (χ3n) is 4.67. The number of nitrogens with zero attached hydrogens (tertiary/aromatic N) is 1. The van der Waals surface area contributed by atoms with E-state index in [0.29, 0.717) is 31.5 Å². The van der Waals surface area contributed by atoms with Gasteiger partial charge in [-0.05, 0) is 49.6 Å². The van der Waals surface area contributed by atoms with Crippen molar-refractivity contribution in [2.75, 3.05) is 32.7 Å². The van der Waals surface area contributed by atoms with Crippen molar-refractivity contribution in [3.05, 3.63) is 0 Å². The molecule has 0 aliphatic carbocycles. The van der Waals surface area contributed by atoms with Gasteiger partial charge in [-0.25, -0.2) is 4.72 Å². The molecule has 2 atom stereocenters. The third-order valence-corrected chi connectivity index (χ3v) is 6.15. The van der Waals surface area contributed by atoms with E-state index in [1.165, 1.54) is 0 Å². The number of hydrogen-bond donors (Lipinski definition) is 2. The molecule has 118 valence electrons. The maximum absolute atomic E-state index is 12.5. The molecule has 0 aromatic carbocycles. The second kappa shape index (κ2) is 6.30. The summed E-state index contributed by atoms with van der Waals surface area (Å²) in [4.78, 5) is 0. The minimum atomic E-state index is -3.32. The summed E-state index contributed by atoms with van der Waals surface area (Å²) in [5, 5.41) is 3.32. The van der Waals surface area contributed by atoms with E-state index in [1.807, 2.05) is 0 Å². The van der Waals surface area contributed by atoms with E-state index in [-0.39, 0.29) is 5.41 Å². The third kappa shape index (κ3) is 4.16. The van der Waals surface area contributed by atoms with Gasteiger partial charge in [-0.1, -0.05) is 20.8 Å². The van der Waals surface area contributed by atoms with E-state index in [0.717, 1.165) is 32.4 Å². The monoisotopic (exact) mass is 303 g/mol. The van der Waals surface area contributed by atoms with Crippen molar-refractivity contribution in [3.63, 3.8) is 0 Å². The summed E-state index contributed by atoms with van der Waals surface area (Å²) < 4.78 is 29.4. The van der Waals surface area contributed by atoms with Gasteiger partial charge >= 0.3 is 0 Å². The van der Waals surface area contributed by atoms with Gasteiger partial charge in [-0.2, -0.15) is 12.7 Å². The molecule has 2 rings (SSSR count). The Morgan fingerprint density at radius 3 is 2.30 bits per heavy atom. The minimum Gasteiger partial charge on any atom is -0.317 e. The van der Waals surface area contributed by atoms with Crippen molar-refractivity contribution in [3.8, 4) is 0 Å². The lowest BCUT2D eigenvalue weighted by molar-refractivity contribution is 0.210. The molecule has 6 heteroatoms. The zero-order chi connectivity index (χ0) is 14.8. The van der Waals surface area contributed by atoms with Gasteiger partial charge in [0.15, 0.2) is 0 Å². The highest BCUT2D eigenvalue weighted by Gasteiger charge is 2.33. The van der Waals surface area contributed by atoms with Gasteiger partial charge in [0.05, 0.1) is 0 Å². The molecular weight excluding hydrogens is 274 g/mol. The summed E-state index contributed by atoms with van der Waals surface area (Å²) in [7, 11) is -3.32. The number of hydrogen-bond acceptors (Lipinski definition) is 3. The molecule has 2 unspecified atom stereocenters. The van der Waals surface area contributed by atoms with E-state index >= 15 is 0 Å². The van der Waals surface area contributed by atoms with Crippen molar-refractivity contribution in [2.45, 2.75) is 40.0 Å². The highest BCUT2D eigenvalue weighted by Crippen LogP contribution is 2.28. The van der Waals surface area contributed by atoms with Gasteiger partial charge < -0.3 is 5.32 Å². The van der Waals surface area contributed by atoms with Crippen molar-refractivity contribution >= 4 is 10.2 Å². The summed E-state index contributed by atoms with van der Waals surface area (Å²) in [5.41, 5.74) is 0.0886. The maximum Gasteiger partial charge on any atom is 0.279 e. The van der Waals surface area contributed by atoms with Crippen LogP contribution in [0, 0.1) is 17.3 Å². The predicted octanol–water partition coefficient (Wildman–Crippen LogP) is 1.19. The number of piperidine rings is 2. The molecule has 0 spiro atoms. The summed E-state index contributed by atoms with van der Waals surface area (Å²) in [5.74, 6) is 0.898. The summed E-state index contributed by atoms with van der Waals surface area (Å²) in [6.45, 7) is 10.3. The first-order chi connectivity index (χ1) is 9.31. The lowest BCUT2D eigenvalue weighted by atomic mass is 9.81. The zero-order valence-corrected chi connectivity index (χ0v) is 13.8. The molecule has 0 radical (unpaired) electrons. The summed E-state index contributed by atoms with van der Waals surface area (Å²) in [6, 6.07) is 0. The molecule has 2 aliphatic rings. The van der Waals surface area contributed by atoms with Gasteiger partial charge in [0.1, 0.15) is 0 Å². The fourth-order valence-electron chi connectivity index (χ4n) is 3.37. The van der Waals surface area contributed by atoms with Crippen LogP contribution in [-0.4, -0.2) is 45.4 Å². The van der Waals surface area contributed by atoms with Crippen LogP contribution in [0.2, 0.25) is 0 Å². The van der Waals surface area contributed by atoms with Crippen molar-refractivity contribution in [1.82, 2.24) is 14.3 Å². The van der Waals surface area contributed by atoms with Crippen LogP contribution in [0.15, 0.2) is 0 Å².